The maximum Gasteiger partial charge on any atom is 0.338 e. The predicted molar refractivity (Wildman–Crippen MR) is 81.5 cm³/mol. The molecule has 7 heteroatoms. The number of carboxylic acid groups (broad SMARTS) is 1. The topological polar surface area (TPSA) is 79.3 Å². The summed E-state index contributed by atoms with van der Waals surface area (Å²) in [5.41, 5.74) is 0.109. The standard InChI is InChI=1S/C15H13FN2O3S/c1-9(13(19)18-12-7-3-2-6-11(12)16)22-14-10(15(20)21)5-4-8-17-14/h2-9H,1H3,(H,18,19)(H,20,21)/t9-/m0/s1. The number of aromatic carboxylic acids is 1. The van der Waals surface area contributed by atoms with E-state index in [0.717, 1.165) is 11.8 Å². The molecular weight excluding hydrogens is 307 g/mol. The molecule has 114 valence electrons. The molecule has 2 rings (SSSR count). The summed E-state index contributed by atoms with van der Waals surface area (Å²) in [6.07, 6.45) is 1.45. The van der Waals surface area contributed by atoms with Crippen LogP contribution < -0.4 is 5.32 Å². The number of halogens is 1. The molecule has 5 nitrogen and oxygen atoms in total. The summed E-state index contributed by atoms with van der Waals surface area (Å²) in [5, 5.41) is 11.2. The summed E-state index contributed by atoms with van der Waals surface area (Å²) in [4.78, 5) is 27.2. The van der Waals surface area contributed by atoms with Crippen molar-refractivity contribution < 1.29 is 19.1 Å². The van der Waals surface area contributed by atoms with E-state index in [9.17, 15) is 14.0 Å². The highest BCUT2D eigenvalue weighted by Gasteiger charge is 2.20. The fourth-order valence-corrected chi connectivity index (χ4v) is 2.57. The maximum absolute atomic E-state index is 13.5. The van der Waals surface area contributed by atoms with Gasteiger partial charge in [-0.2, -0.15) is 0 Å². The number of hydrogen-bond acceptors (Lipinski definition) is 4. The lowest BCUT2D eigenvalue weighted by Crippen LogP contribution is -2.23. The Balaban J connectivity index is 2.09. The molecule has 0 spiro atoms. The summed E-state index contributed by atoms with van der Waals surface area (Å²) >= 11 is 1.01. The summed E-state index contributed by atoms with van der Waals surface area (Å²) < 4.78 is 13.5. The van der Waals surface area contributed by atoms with E-state index < -0.39 is 22.9 Å². The number of anilines is 1. The van der Waals surface area contributed by atoms with E-state index in [2.05, 4.69) is 10.3 Å². The van der Waals surface area contributed by atoms with Crippen LogP contribution in [0.3, 0.4) is 0 Å². The van der Waals surface area contributed by atoms with E-state index >= 15 is 0 Å². The minimum absolute atomic E-state index is 0.0260. The Bertz CT molecular complexity index is 709. The monoisotopic (exact) mass is 320 g/mol. The Morgan fingerprint density at radius 2 is 2.00 bits per heavy atom. The summed E-state index contributed by atoms with van der Waals surface area (Å²) in [5.74, 6) is -2.08. The molecule has 0 unspecified atom stereocenters. The highest BCUT2D eigenvalue weighted by atomic mass is 32.2. The molecule has 1 heterocycles. The lowest BCUT2D eigenvalue weighted by molar-refractivity contribution is -0.115. The first-order chi connectivity index (χ1) is 10.5. The third kappa shape index (κ3) is 3.82. The average molecular weight is 320 g/mol. The van der Waals surface area contributed by atoms with Crippen LogP contribution in [-0.2, 0) is 4.79 Å². The van der Waals surface area contributed by atoms with Crippen LogP contribution in [0.4, 0.5) is 10.1 Å². The molecule has 0 radical (unpaired) electrons. The number of carboxylic acids is 1. The number of hydrogen-bond donors (Lipinski definition) is 2. The minimum atomic E-state index is -1.11. The maximum atomic E-state index is 13.5. The molecular formula is C15H13FN2O3S. The Labute approximate surface area is 130 Å². The van der Waals surface area contributed by atoms with Gasteiger partial charge in [0.05, 0.1) is 16.5 Å². The zero-order valence-corrected chi connectivity index (χ0v) is 12.4. The second kappa shape index (κ2) is 7.04. The van der Waals surface area contributed by atoms with E-state index in [-0.39, 0.29) is 16.3 Å². The Kier molecular flexibility index (Phi) is 5.11. The van der Waals surface area contributed by atoms with E-state index in [1.54, 1.807) is 13.0 Å². The van der Waals surface area contributed by atoms with E-state index in [0.29, 0.717) is 0 Å². The minimum Gasteiger partial charge on any atom is -0.478 e. The normalized spacial score (nSPS) is 11.7. The highest BCUT2D eigenvalue weighted by Crippen LogP contribution is 2.26. The van der Waals surface area contributed by atoms with Gasteiger partial charge in [0, 0.05) is 6.20 Å². The van der Waals surface area contributed by atoms with Crippen molar-refractivity contribution >= 4 is 29.3 Å². The highest BCUT2D eigenvalue weighted by molar-refractivity contribution is 8.00. The number of benzene rings is 1. The van der Waals surface area contributed by atoms with E-state index in [1.807, 2.05) is 0 Å². The SMILES string of the molecule is C[C@H](Sc1ncccc1C(=O)O)C(=O)Nc1ccccc1F. The number of nitrogens with one attached hydrogen (secondary N) is 1. The molecule has 0 aliphatic rings. The van der Waals surface area contributed by atoms with Crippen molar-refractivity contribution in [2.75, 3.05) is 5.32 Å². The van der Waals surface area contributed by atoms with Gasteiger partial charge in [-0.05, 0) is 31.2 Å². The third-order valence-corrected chi connectivity index (χ3v) is 3.91. The van der Waals surface area contributed by atoms with Gasteiger partial charge in [0.1, 0.15) is 10.8 Å². The van der Waals surface area contributed by atoms with Gasteiger partial charge in [0.25, 0.3) is 0 Å². The third-order valence-electron chi connectivity index (χ3n) is 2.79. The van der Waals surface area contributed by atoms with Gasteiger partial charge in [-0.15, -0.1) is 0 Å². The molecule has 1 aromatic heterocycles. The molecule has 0 aliphatic heterocycles. The van der Waals surface area contributed by atoms with Crippen LogP contribution in [0.25, 0.3) is 0 Å². The first kappa shape index (κ1) is 16.0. The fraction of sp³-hybridized carbons (Fsp3) is 0.133. The number of carbonyl (C=O) groups excluding carboxylic acids is 1. The van der Waals surface area contributed by atoms with Crippen LogP contribution in [0, 0.1) is 5.82 Å². The molecule has 0 saturated heterocycles. The van der Waals surface area contributed by atoms with Gasteiger partial charge >= 0.3 is 5.97 Å². The predicted octanol–water partition coefficient (Wildman–Crippen LogP) is 3.04. The number of pyridine rings is 1. The molecule has 0 fully saturated rings. The van der Waals surface area contributed by atoms with Crippen molar-refractivity contribution in [1.29, 1.82) is 0 Å². The summed E-state index contributed by atoms with van der Waals surface area (Å²) in [6, 6.07) is 8.76. The summed E-state index contributed by atoms with van der Waals surface area (Å²) in [7, 11) is 0. The molecule has 0 bridgehead atoms. The van der Waals surface area contributed by atoms with Gasteiger partial charge in [0.15, 0.2) is 0 Å². The van der Waals surface area contributed by atoms with E-state index in [1.165, 1.54) is 36.5 Å². The van der Waals surface area contributed by atoms with Gasteiger partial charge in [-0.1, -0.05) is 23.9 Å². The zero-order valence-electron chi connectivity index (χ0n) is 11.6. The Morgan fingerprint density at radius 3 is 2.68 bits per heavy atom. The molecule has 0 aliphatic carbocycles. The molecule has 2 N–H and O–H groups in total. The van der Waals surface area contributed by atoms with Crippen LogP contribution in [0.15, 0.2) is 47.6 Å². The second-order valence-electron chi connectivity index (χ2n) is 4.39. The average Bonchev–Trinajstić information content (AvgIpc) is 2.49. The number of rotatable bonds is 5. The van der Waals surface area contributed by atoms with Crippen LogP contribution in [0.5, 0.6) is 0 Å². The van der Waals surface area contributed by atoms with Crippen molar-refractivity contribution in [3.8, 4) is 0 Å². The van der Waals surface area contributed by atoms with Crippen molar-refractivity contribution in [2.45, 2.75) is 17.2 Å². The summed E-state index contributed by atoms with van der Waals surface area (Å²) in [6.45, 7) is 1.60. The first-order valence-corrected chi connectivity index (χ1v) is 7.27. The van der Waals surface area contributed by atoms with Crippen molar-refractivity contribution in [2.24, 2.45) is 0 Å². The van der Waals surface area contributed by atoms with E-state index in [4.69, 9.17) is 5.11 Å². The van der Waals surface area contributed by atoms with Crippen molar-refractivity contribution in [3.63, 3.8) is 0 Å². The van der Waals surface area contributed by atoms with Gasteiger partial charge < -0.3 is 10.4 Å². The molecule has 0 saturated carbocycles. The first-order valence-electron chi connectivity index (χ1n) is 6.39. The molecule has 1 amide bonds. The lowest BCUT2D eigenvalue weighted by atomic mass is 10.3. The Hall–Kier alpha value is -2.41. The second-order valence-corrected chi connectivity index (χ2v) is 5.72. The van der Waals surface area contributed by atoms with Crippen LogP contribution in [0.1, 0.15) is 17.3 Å². The van der Waals surface area contributed by atoms with Crippen LogP contribution in [0.2, 0.25) is 0 Å². The molecule has 22 heavy (non-hydrogen) atoms. The zero-order chi connectivity index (χ0) is 16.1. The molecule has 2 aromatic rings. The molecule has 1 aromatic carbocycles. The van der Waals surface area contributed by atoms with Crippen LogP contribution in [-0.4, -0.2) is 27.2 Å². The number of aromatic nitrogens is 1. The Morgan fingerprint density at radius 1 is 1.27 bits per heavy atom. The largest absolute Gasteiger partial charge is 0.478 e. The van der Waals surface area contributed by atoms with Crippen molar-refractivity contribution in [1.82, 2.24) is 4.98 Å². The van der Waals surface area contributed by atoms with Gasteiger partial charge in [-0.3, -0.25) is 4.79 Å². The number of amides is 1. The number of nitrogens with zero attached hydrogens (tertiary/aromatic N) is 1. The number of para-hydroxylation sites is 1. The quantitative estimate of drug-likeness (QED) is 0.828. The fourth-order valence-electron chi connectivity index (χ4n) is 1.67. The van der Waals surface area contributed by atoms with Crippen LogP contribution >= 0.6 is 11.8 Å². The van der Waals surface area contributed by atoms with Gasteiger partial charge in [0.2, 0.25) is 5.91 Å². The smallest absolute Gasteiger partial charge is 0.338 e. The number of carbonyl (C=O) groups is 2. The molecule has 1 atom stereocenters. The van der Waals surface area contributed by atoms with Gasteiger partial charge in [-0.25, -0.2) is 14.2 Å². The lowest BCUT2D eigenvalue weighted by Gasteiger charge is -2.13. The number of thioether (sulfide) groups is 1. The van der Waals surface area contributed by atoms with Crippen molar-refractivity contribution in [3.05, 3.63) is 54.0 Å².